The molecule has 1 saturated carbocycles. The standard InChI is InChI=1S/C33H33NO.C31H28NO.C29H26NO/c1-20(2)17-33(18-21(3)4)27-12-7-6-9-23(27)24-14-16-29-30(31(24)33)26-11-8-10-25(32(26)35-29)28-15-13-22(5)19-34-28;1-19-10-14-25(32(3)18-19)27-20(2)11-12-23-28-26(33-30(23)27)15-13-22-21-8-4-5-9-24(21)31(29(22)28)16-6-7-17-31;1-17-10-14-23(30(5)16-17)25-18(2)11-12-20-27-24(31-28(20)25)15-13-22-26(27)19-8-6-7-9-21(19)29(22,3)4/h6-16,19-21H,17-18H2,1-5H3;4-5,8-15,18H,6-7,16-17H2,1-3H3;6-16H,1-5H3/q;2*+1. The van der Waals surface area contributed by atoms with Crippen molar-refractivity contribution in [2.24, 2.45) is 25.9 Å². The summed E-state index contributed by atoms with van der Waals surface area (Å²) in [5.74, 6) is 1.15. The van der Waals surface area contributed by atoms with E-state index in [1.807, 2.05) is 6.20 Å². The lowest BCUT2D eigenvalue weighted by Gasteiger charge is -2.36. The quantitative estimate of drug-likeness (QED) is 0.149. The molecule has 0 N–H and O–H groups in total. The molecular formula is C93H87N3O3+2. The second-order valence-electron chi connectivity index (χ2n) is 30.8. The number of hydrogen-bond donors (Lipinski definition) is 0. The van der Waals surface area contributed by atoms with Crippen LogP contribution in [0.3, 0.4) is 0 Å². The maximum absolute atomic E-state index is 6.72. The van der Waals surface area contributed by atoms with E-state index in [-0.39, 0.29) is 16.2 Å². The number of furan rings is 3. The van der Waals surface area contributed by atoms with Gasteiger partial charge in [-0.05, 0) is 198 Å². The van der Waals surface area contributed by atoms with Gasteiger partial charge in [0.1, 0.15) is 47.6 Å². The predicted molar refractivity (Wildman–Crippen MR) is 409 cm³/mol. The van der Waals surface area contributed by atoms with Crippen molar-refractivity contribution in [2.45, 2.75) is 131 Å². The minimum Gasteiger partial charge on any atom is -0.455 e. The molecule has 1 spiro atoms. The molecule has 490 valence electrons. The first-order chi connectivity index (χ1) is 47.8. The second kappa shape index (κ2) is 23.2. The highest BCUT2D eigenvalue weighted by atomic mass is 16.3. The van der Waals surface area contributed by atoms with Crippen LogP contribution in [0.4, 0.5) is 0 Å². The zero-order valence-electron chi connectivity index (χ0n) is 59.6. The minimum atomic E-state index is -0.0251. The summed E-state index contributed by atoms with van der Waals surface area (Å²) in [5, 5.41) is 7.49. The molecule has 6 heterocycles. The smallest absolute Gasteiger partial charge is 0.216 e. The van der Waals surface area contributed by atoms with Crippen LogP contribution in [0, 0.1) is 46.5 Å². The van der Waals surface area contributed by atoms with Gasteiger partial charge in [0.25, 0.3) is 0 Å². The molecule has 0 bridgehead atoms. The topological polar surface area (TPSA) is 60.1 Å². The lowest BCUT2D eigenvalue weighted by atomic mass is 9.67. The van der Waals surface area contributed by atoms with E-state index in [2.05, 4.69) is 300 Å². The lowest BCUT2D eigenvalue weighted by molar-refractivity contribution is -0.660. The molecule has 6 aromatic heterocycles. The van der Waals surface area contributed by atoms with Gasteiger partial charge in [0.2, 0.25) is 11.4 Å². The minimum absolute atomic E-state index is 0.0133. The van der Waals surface area contributed by atoms with Gasteiger partial charge in [-0.25, -0.2) is 9.13 Å². The normalized spacial score (nSPS) is 14.9. The van der Waals surface area contributed by atoms with E-state index >= 15 is 0 Å². The average molecular weight is 1290 g/mol. The molecule has 6 heteroatoms. The Hall–Kier alpha value is -10.2. The summed E-state index contributed by atoms with van der Waals surface area (Å²) in [5.41, 5.74) is 35.9. The van der Waals surface area contributed by atoms with Gasteiger partial charge in [-0.3, -0.25) is 4.98 Å². The third-order valence-electron chi connectivity index (χ3n) is 22.9. The molecule has 19 rings (SSSR count). The van der Waals surface area contributed by atoms with Gasteiger partial charge in [0.05, 0.1) is 16.8 Å². The molecule has 0 amide bonds. The highest BCUT2D eigenvalue weighted by Crippen LogP contribution is 2.62. The summed E-state index contributed by atoms with van der Waals surface area (Å²) in [7, 11) is 4.24. The van der Waals surface area contributed by atoms with Crippen LogP contribution in [0.1, 0.15) is 141 Å². The summed E-state index contributed by atoms with van der Waals surface area (Å²) in [4.78, 5) is 4.72. The van der Waals surface area contributed by atoms with Crippen molar-refractivity contribution in [2.75, 3.05) is 0 Å². The van der Waals surface area contributed by atoms with E-state index in [4.69, 9.17) is 18.2 Å². The molecule has 0 aliphatic heterocycles. The Kier molecular flexibility index (Phi) is 14.6. The molecule has 0 atom stereocenters. The molecule has 6 nitrogen and oxygen atoms in total. The van der Waals surface area contributed by atoms with E-state index in [1.165, 1.54) is 170 Å². The molecule has 0 radical (unpaired) electrons. The van der Waals surface area contributed by atoms with Gasteiger partial charge in [0.15, 0.2) is 12.4 Å². The van der Waals surface area contributed by atoms with Crippen molar-refractivity contribution in [3.8, 4) is 67.2 Å². The van der Waals surface area contributed by atoms with E-state index in [9.17, 15) is 0 Å². The molecule has 0 unspecified atom stereocenters. The van der Waals surface area contributed by atoms with Gasteiger partial charge in [0, 0.05) is 83.6 Å². The number of pyridine rings is 3. The first-order valence-corrected chi connectivity index (χ1v) is 36.0. The second-order valence-corrected chi connectivity index (χ2v) is 30.8. The number of benzene rings is 9. The van der Waals surface area contributed by atoms with E-state index < -0.39 is 0 Å². The molecule has 0 saturated heterocycles. The third kappa shape index (κ3) is 9.51. The number of nitrogens with zero attached hydrogens (tertiary/aromatic N) is 3. The number of para-hydroxylation sites is 1. The zero-order chi connectivity index (χ0) is 68.1. The monoisotopic (exact) mass is 1290 g/mol. The highest BCUT2D eigenvalue weighted by Gasteiger charge is 2.48. The van der Waals surface area contributed by atoms with Crippen LogP contribution in [0.15, 0.2) is 220 Å². The van der Waals surface area contributed by atoms with E-state index in [1.54, 1.807) is 0 Å². The molecular weight excluding hydrogens is 1210 g/mol. The number of rotatable bonds is 7. The number of aromatic nitrogens is 3. The van der Waals surface area contributed by atoms with Crippen LogP contribution in [-0.2, 0) is 30.3 Å². The molecule has 4 aliphatic carbocycles. The van der Waals surface area contributed by atoms with Crippen LogP contribution in [0.5, 0.6) is 0 Å². The van der Waals surface area contributed by atoms with Gasteiger partial charge in [-0.2, -0.15) is 0 Å². The zero-order valence-corrected chi connectivity index (χ0v) is 59.6. The van der Waals surface area contributed by atoms with Crippen LogP contribution in [-0.4, -0.2) is 4.98 Å². The molecule has 99 heavy (non-hydrogen) atoms. The van der Waals surface area contributed by atoms with Crippen molar-refractivity contribution in [3.63, 3.8) is 0 Å². The molecule has 1 fully saturated rings. The number of fused-ring (bicyclic) bond motifs is 23. The van der Waals surface area contributed by atoms with Gasteiger partial charge >= 0.3 is 0 Å². The summed E-state index contributed by atoms with van der Waals surface area (Å²) >= 11 is 0. The van der Waals surface area contributed by atoms with Crippen molar-refractivity contribution in [1.29, 1.82) is 0 Å². The Morgan fingerprint density at radius 2 is 0.889 bits per heavy atom. The van der Waals surface area contributed by atoms with Crippen LogP contribution in [0.25, 0.3) is 133 Å². The van der Waals surface area contributed by atoms with Crippen molar-refractivity contribution in [1.82, 2.24) is 4.98 Å². The van der Waals surface area contributed by atoms with Gasteiger partial charge in [-0.1, -0.05) is 188 Å². The summed E-state index contributed by atoms with van der Waals surface area (Å²) in [6, 6.07) is 69.0. The van der Waals surface area contributed by atoms with Crippen LogP contribution >= 0.6 is 0 Å². The summed E-state index contributed by atoms with van der Waals surface area (Å²) in [6.07, 6.45) is 13.6. The third-order valence-corrected chi connectivity index (χ3v) is 22.9. The molecule has 9 aromatic carbocycles. The maximum atomic E-state index is 6.72. The Labute approximate surface area is 581 Å². The number of aryl methyl sites for hydroxylation is 7. The first kappa shape index (κ1) is 62.4. The van der Waals surface area contributed by atoms with Crippen LogP contribution in [0.2, 0.25) is 0 Å². The van der Waals surface area contributed by atoms with E-state index in [0.29, 0.717) is 11.8 Å². The average Bonchev–Trinajstić information content (AvgIpc) is 1.55. The maximum Gasteiger partial charge on any atom is 0.216 e. The fourth-order valence-electron chi connectivity index (χ4n) is 19.0. The van der Waals surface area contributed by atoms with Crippen LogP contribution < -0.4 is 9.13 Å². The Bertz CT molecular complexity index is 5810. The summed E-state index contributed by atoms with van der Waals surface area (Å²) in [6.45, 7) is 24.8. The van der Waals surface area contributed by atoms with Crippen molar-refractivity contribution in [3.05, 3.63) is 268 Å². The molecule has 4 aliphatic rings. The lowest BCUT2D eigenvalue weighted by Crippen LogP contribution is -2.31. The van der Waals surface area contributed by atoms with Gasteiger partial charge < -0.3 is 13.3 Å². The molecule has 15 aromatic rings. The SMILES string of the molecule is Cc1ccc(-c2c(C)ccc3c2oc2ccc4c(c23)-c2ccccc2C4(C)C)[n+](C)c1.Cc1ccc(-c2c(C)ccc3c2oc2ccc4c(c23)C2(CCCC2)c2ccccc2-4)[n+](C)c1.Cc1ccc(-c2cccc3c2oc2ccc4c(c23)C(CC(C)C)(CC(C)C)c2ccccc2-4)nc1. The van der Waals surface area contributed by atoms with E-state index in [0.717, 1.165) is 63.2 Å². The fourth-order valence-corrected chi connectivity index (χ4v) is 19.0. The van der Waals surface area contributed by atoms with Crippen molar-refractivity contribution >= 4 is 65.8 Å². The van der Waals surface area contributed by atoms with Gasteiger partial charge in [-0.15, -0.1) is 0 Å². The Morgan fingerprint density at radius 3 is 1.47 bits per heavy atom. The first-order valence-electron chi connectivity index (χ1n) is 36.0. The fraction of sp³-hybridized carbons (Fsp3) is 0.258. The summed E-state index contributed by atoms with van der Waals surface area (Å²) < 4.78 is 24.4. The highest BCUT2D eigenvalue weighted by molar-refractivity contribution is 6.19. The Balaban J connectivity index is 0.000000112. The number of hydrogen-bond acceptors (Lipinski definition) is 4. The van der Waals surface area contributed by atoms with Crippen molar-refractivity contribution < 1.29 is 22.4 Å². The Morgan fingerprint density at radius 1 is 0.404 bits per heavy atom. The largest absolute Gasteiger partial charge is 0.455 e. The predicted octanol–water partition coefficient (Wildman–Crippen LogP) is 23.9.